The first-order valence-electron chi connectivity index (χ1n) is 24.2. The van der Waals surface area contributed by atoms with Crippen LogP contribution in [0.15, 0.2) is 85.1 Å². The normalized spacial score (nSPS) is 14.5. The highest BCUT2D eigenvalue weighted by Gasteiger charge is 2.26. The summed E-state index contributed by atoms with van der Waals surface area (Å²) in [6.07, 6.45) is 55.2. The molecule has 0 rings (SSSR count). The maximum Gasteiger partial charge on any atom is 0.472 e. The molecule has 0 aromatic carbocycles. The van der Waals surface area contributed by atoms with Crippen LogP contribution in [0.2, 0.25) is 0 Å². The molecule has 0 radical (unpaired) electrons. The van der Waals surface area contributed by atoms with Crippen molar-refractivity contribution >= 4 is 19.8 Å². The van der Waals surface area contributed by atoms with Gasteiger partial charge >= 0.3 is 19.8 Å². The molecule has 0 spiro atoms. The van der Waals surface area contributed by atoms with Gasteiger partial charge in [0.2, 0.25) is 0 Å². The van der Waals surface area contributed by atoms with E-state index in [1.54, 1.807) is 12.2 Å². The van der Waals surface area contributed by atoms with Crippen LogP contribution in [0, 0.1) is 0 Å². The largest absolute Gasteiger partial charge is 0.472 e. The van der Waals surface area contributed by atoms with E-state index in [4.69, 9.17) is 24.3 Å². The van der Waals surface area contributed by atoms with Gasteiger partial charge in [-0.05, 0) is 70.6 Å². The van der Waals surface area contributed by atoms with Crippen LogP contribution in [0.25, 0.3) is 0 Å². The van der Waals surface area contributed by atoms with Gasteiger partial charge in [-0.2, -0.15) is 0 Å². The number of carbonyl (C=O) groups is 2. The van der Waals surface area contributed by atoms with Gasteiger partial charge in [0.15, 0.2) is 6.10 Å². The summed E-state index contributed by atoms with van der Waals surface area (Å²) in [7, 11) is -4.44. The average molecular weight is 890 g/mol. The molecule has 2 unspecified atom stereocenters. The monoisotopic (exact) mass is 890 g/mol. The van der Waals surface area contributed by atoms with Crippen molar-refractivity contribution < 1.29 is 42.7 Å². The number of phosphoric acid groups is 1. The number of carbonyl (C=O) groups excluding carboxylic acids is 2. The summed E-state index contributed by atoms with van der Waals surface area (Å²) in [4.78, 5) is 35.0. The van der Waals surface area contributed by atoms with Crippen LogP contribution in [0.3, 0.4) is 0 Å². The van der Waals surface area contributed by atoms with Crippen molar-refractivity contribution in [2.75, 3.05) is 26.4 Å². The molecule has 0 aliphatic heterocycles. The number of hydrogen-bond acceptors (Lipinski definition) is 9. The zero-order valence-corrected chi connectivity index (χ0v) is 39.8. The first-order valence-corrected chi connectivity index (χ1v) is 25.7. The van der Waals surface area contributed by atoms with Gasteiger partial charge < -0.3 is 25.2 Å². The summed E-state index contributed by atoms with van der Waals surface area (Å²) in [6, 6.07) is 0. The van der Waals surface area contributed by atoms with Crippen molar-refractivity contribution in [3.05, 3.63) is 85.1 Å². The lowest BCUT2D eigenvalue weighted by Gasteiger charge is -2.20. The highest BCUT2D eigenvalue weighted by Crippen LogP contribution is 2.43. The van der Waals surface area contributed by atoms with Gasteiger partial charge in [-0.1, -0.05) is 189 Å². The molecule has 0 bridgehead atoms. The summed E-state index contributed by atoms with van der Waals surface area (Å²) in [5.74, 6) is -1.11. The van der Waals surface area contributed by atoms with Crippen LogP contribution in [0.5, 0.6) is 0 Å². The van der Waals surface area contributed by atoms with Crippen molar-refractivity contribution in [3.63, 3.8) is 0 Å². The van der Waals surface area contributed by atoms with E-state index in [0.717, 1.165) is 51.4 Å². The lowest BCUT2D eigenvalue weighted by molar-refractivity contribution is -0.161. The fourth-order valence-electron chi connectivity index (χ4n) is 6.27. The number of hydrogen-bond donors (Lipinski definition) is 3. The Balaban J connectivity index is 4.29. The smallest absolute Gasteiger partial charge is 0.462 e. The fraction of sp³-hybridized carbons (Fsp3) is 0.686. The number of rotatable bonds is 44. The van der Waals surface area contributed by atoms with Gasteiger partial charge in [0.25, 0.3) is 0 Å². The fourth-order valence-corrected chi connectivity index (χ4v) is 7.03. The van der Waals surface area contributed by atoms with E-state index >= 15 is 0 Å². The van der Waals surface area contributed by atoms with E-state index in [2.05, 4.69) is 74.6 Å². The van der Waals surface area contributed by atoms with Gasteiger partial charge in [-0.15, -0.1) is 0 Å². The summed E-state index contributed by atoms with van der Waals surface area (Å²) >= 11 is 0. The van der Waals surface area contributed by atoms with Crippen LogP contribution in [0.1, 0.15) is 187 Å². The van der Waals surface area contributed by atoms with Crippen molar-refractivity contribution in [3.8, 4) is 0 Å². The maximum absolute atomic E-state index is 12.6. The Morgan fingerprint density at radius 1 is 0.581 bits per heavy atom. The first-order chi connectivity index (χ1) is 30.2. The minimum atomic E-state index is -4.44. The van der Waals surface area contributed by atoms with Gasteiger partial charge in [0, 0.05) is 19.4 Å². The van der Waals surface area contributed by atoms with Crippen molar-refractivity contribution in [2.24, 2.45) is 5.73 Å². The molecule has 0 heterocycles. The van der Waals surface area contributed by atoms with Crippen LogP contribution >= 0.6 is 7.82 Å². The predicted octanol–water partition coefficient (Wildman–Crippen LogP) is 13.4. The molecule has 356 valence electrons. The number of aliphatic hydroxyl groups is 1. The highest BCUT2D eigenvalue weighted by atomic mass is 31.2. The molecular formula is C51H88NO9P. The zero-order valence-electron chi connectivity index (χ0n) is 38.9. The molecule has 62 heavy (non-hydrogen) atoms. The quantitative estimate of drug-likeness (QED) is 0.0177. The van der Waals surface area contributed by atoms with Crippen molar-refractivity contribution in [2.45, 2.75) is 199 Å². The first kappa shape index (κ1) is 59.1. The number of esters is 2. The second kappa shape index (κ2) is 46.2. The number of aliphatic hydroxyl groups excluding tert-OH is 1. The molecule has 0 saturated heterocycles. The third kappa shape index (κ3) is 45.2. The molecule has 0 aliphatic rings. The third-order valence-electron chi connectivity index (χ3n) is 9.88. The summed E-state index contributed by atoms with van der Waals surface area (Å²) < 4.78 is 32.7. The summed E-state index contributed by atoms with van der Waals surface area (Å²) in [5.41, 5.74) is 5.35. The Morgan fingerprint density at radius 3 is 1.61 bits per heavy atom. The maximum atomic E-state index is 12.6. The van der Waals surface area contributed by atoms with Gasteiger partial charge in [0.1, 0.15) is 6.61 Å². The van der Waals surface area contributed by atoms with E-state index in [9.17, 15) is 24.2 Å². The van der Waals surface area contributed by atoms with E-state index in [1.807, 2.05) is 12.2 Å². The second-order valence-corrected chi connectivity index (χ2v) is 17.2. The minimum absolute atomic E-state index is 0.0188. The number of phosphoric ester groups is 1. The lowest BCUT2D eigenvalue weighted by Crippen LogP contribution is -2.29. The Bertz CT molecular complexity index is 1310. The molecule has 10 nitrogen and oxygen atoms in total. The van der Waals surface area contributed by atoms with Gasteiger partial charge in [0.05, 0.1) is 19.3 Å². The molecule has 3 atom stereocenters. The summed E-state index contributed by atoms with van der Waals surface area (Å²) in [5, 5.41) is 10.3. The van der Waals surface area contributed by atoms with Crippen LogP contribution in [0.4, 0.5) is 0 Å². The minimum Gasteiger partial charge on any atom is -0.462 e. The predicted molar refractivity (Wildman–Crippen MR) is 258 cm³/mol. The number of allylic oxidation sites excluding steroid dienone is 13. The van der Waals surface area contributed by atoms with Crippen molar-refractivity contribution in [1.29, 1.82) is 0 Å². The molecular weight excluding hydrogens is 802 g/mol. The SMILES string of the molecule is CC/C=C\C/C=C\C/C=C\C/C=C\C/C=C\C=C/C(O)CCC(=O)OC[C@H](COP(=O)(O)OCCN)OC(=O)CCCCCCCCCCCCC/C=C\CCCCCCCC. The van der Waals surface area contributed by atoms with Crippen LogP contribution < -0.4 is 5.73 Å². The molecule has 0 aromatic rings. The Kier molecular flexibility index (Phi) is 44.0. The van der Waals surface area contributed by atoms with E-state index in [-0.39, 0.29) is 39.0 Å². The zero-order chi connectivity index (χ0) is 45.5. The molecule has 0 amide bonds. The number of nitrogens with two attached hydrogens (primary N) is 1. The number of unbranched alkanes of at least 4 members (excludes halogenated alkanes) is 17. The average Bonchev–Trinajstić information content (AvgIpc) is 3.26. The van der Waals surface area contributed by atoms with E-state index in [1.165, 1.54) is 96.3 Å². The van der Waals surface area contributed by atoms with E-state index < -0.39 is 38.6 Å². The van der Waals surface area contributed by atoms with Crippen LogP contribution in [-0.4, -0.2) is 60.5 Å². The molecule has 4 N–H and O–H groups in total. The number of ether oxygens (including phenoxy) is 2. The Labute approximate surface area is 377 Å². The Morgan fingerprint density at radius 2 is 1.08 bits per heavy atom. The van der Waals surface area contributed by atoms with Crippen LogP contribution in [-0.2, 0) is 32.7 Å². The van der Waals surface area contributed by atoms with Crippen molar-refractivity contribution in [1.82, 2.24) is 0 Å². The van der Waals surface area contributed by atoms with Gasteiger partial charge in [-0.25, -0.2) is 4.57 Å². The lowest BCUT2D eigenvalue weighted by atomic mass is 10.0. The van der Waals surface area contributed by atoms with Gasteiger partial charge in [-0.3, -0.25) is 18.6 Å². The molecule has 0 saturated carbocycles. The Hall–Kier alpha value is -2.85. The third-order valence-corrected chi connectivity index (χ3v) is 10.9. The summed E-state index contributed by atoms with van der Waals surface area (Å²) in [6.45, 7) is 3.34. The second-order valence-electron chi connectivity index (χ2n) is 15.8. The highest BCUT2D eigenvalue weighted by molar-refractivity contribution is 7.47. The molecule has 0 aromatic heterocycles. The molecule has 0 fully saturated rings. The molecule has 11 heteroatoms. The standard InChI is InChI=1S/C51H88NO9P/c1-3-5-7-9-11-13-15-17-19-21-22-23-24-25-27-29-31-33-35-37-39-41-51(55)61-49(47-60-62(56,57)59-45-44-52)46-58-50(54)43-42-48(53)40-38-36-34-32-30-28-26-20-18-16-14-12-10-8-6-4-2/h6,8,12,14,17-20,28,30,34,36,38,40,48-49,53H,3-5,7,9-11,13,15-16,21-27,29,31-33,35,37,39,41-47,52H2,1-2H3,(H,56,57)/b8-6-,14-12-,19-17-,20-18-,30-28-,36-34-,40-38-/t48?,49-/m1/s1. The molecule has 0 aliphatic carbocycles. The topological polar surface area (TPSA) is 155 Å². The van der Waals surface area contributed by atoms with E-state index in [0.29, 0.717) is 6.42 Å².